The summed E-state index contributed by atoms with van der Waals surface area (Å²) >= 11 is 0. The van der Waals surface area contributed by atoms with E-state index in [0.717, 1.165) is 17.2 Å². The first-order valence-electron chi connectivity index (χ1n) is 13.6. The van der Waals surface area contributed by atoms with Crippen molar-refractivity contribution in [2.75, 3.05) is 18.9 Å². The predicted molar refractivity (Wildman–Crippen MR) is 158 cm³/mol. The van der Waals surface area contributed by atoms with Crippen molar-refractivity contribution in [3.63, 3.8) is 0 Å². The zero-order valence-electron chi connectivity index (χ0n) is 25.4. The number of ketones is 1. The molecule has 49 heavy (non-hydrogen) atoms. The Kier molecular flexibility index (Phi) is 12.7. The minimum Gasteiger partial charge on any atom is -0.387 e. The van der Waals surface area contributed by atoms with Crippen LogP contribution in [-0.2, 0) is 41.1 Å². The molecule has 0 saturated carbocycles. The molecule has 0 amide bonds. The molecule has 2 fully saturated rings. The molecule has 0 bridgehead atoms. The molecule has 10 atom stereocenters. The van der Waals surface area contributed by atoms with E-state index >= 15 is 0 Å². The van der Waals surface area contributed by atoms with E-state index in [1.807, 2.05) is 0 Å². The van der Waals surface area contributed by atoms with Crippen molar-refractivity contribution in [3.05, 3.63) is 42.7 Å². The average Bonchev–Trinajstić information content (AvgIpc) is 3.64. The van der Waals surface area contributed by atoms with E-state index in [1.54, 1.807) is 0 Å². The second-order valence-corrected chi connectivity index (χ2v) is 14.7. The summed E-state index contributed by atoms with van der Waals surface area (Å²) in [5.41, 5.74) is 6.15. The molecule has 10 unspecified atom stereocenters. The van der Waals surface area contributed by atoms with Gasteiger partial charge in [-0.1, -0.05) is 0 Å². The van der Waals surface area contributed by atoms with Crippen LogP contribution in [0, 0.1) is 0 Å². The predicted octanol–water partition coefficient (Wildman–Crippen LogP) is -2.18. The summed E-state index contributed by atoms with van der Waals surface area (Å²) in [6.45, 7) is -0.741. The third-order valence-electron chi connectivity index (χ3n) is 7.10. The number of aliphatic hydroxyl groups excluding tert-OH is 3. The van der Waals surface area contributed by atoms with Gasteiger partial charge in [-0.3, -0.25) is 22.9 Å². The summed E-state index contributed by atoms with van der Waals surface area (Å²) < 4.78 is 68.6. The summed E-state index contributed by atoms with van der Waals surface area (Å²) in [4.78, 5) is 62.4. The van der Waals surface area contributed by atoms with Gasteiger partial charge in [0.2, 0.25) is 0 Å². The number of imidazole rings is 1. The van der Waals surface area contributed by atoms with E-state index in [2.05, 4.69) is 23.8 Å². The maximum atomic E-state index is 12.6. The van der Waals surface area contributed by atoms with E-state index in [-0.39, 0.29) is 57.9 Å². The van der Waals surface area contributed by atoms with Gasteiger partial charge in [-0.15, -0.1) is 0 Å². The van der Waals surface area contributed by atoms with Crippen LogP contribution in [-0.4, -0.2) is 140 Å². The minimum absolute atomic E-state index is 0. The first kappa shape index (κ1) is 40.1. The van der Waals surface area contributed by atoms with Gasteiger partial charge >= 0.3 is 23.5 Å². The Bertz CT molecular complexity index is 1820. The Morgan fingerprint density at radius 3 is 2.27 bits per heavy atom. The molecule has 0 spiro atoms. The molecule has 0 aliphatic carbocycles. The van der Waals surface area contributed by atoms with Gasteiger partial charge in [0.15, 0.2) is 42.0 Å². The Morgan fingerprint density at radius 2 is 1.63 bits per heavy atom. The molecule has 9 N–H and O–H groups in total. The largest absolute Gasteiger partial charge is 0.481 e. The van der Waals surface area contributed by atoms with Gasteiger partial charge in [-0.25, -0.2) is 28.6 Å². The van der Waals surface area contributed by atoms with Crippen LogP contribution in [0.1, 0.15) is 29.7 Å². The fraction of sp³-hybridized carbons (Fsp3) is 0.500. The molecule has 5 rings (SSSR count). The number of nitrogens with zero attached hydrogens (tertiary/aromatic N) is 5. The summed E-state index contributed by atoms with van der Waals surface area (Å²) in [5.74, 6) is -0.328. The van der Waals surface area contributed by atoms with Crippen molar-refractivity contribution in [1.29, 1.82) is 0 Å². The monoisotopic (exact) mass is 766 g/mol. The number of fused-ring (bicyclic) bond motifs is 1. The topological polar surface area (TPSA) is 339 Å². The Labute approximate surface area is 297 Å². The number of hydrogen-bond donors (Lipinski definition) is 8. The quantitative estimate of drug-likeness (QED) is 0.0397. The number of phosphoric acid groups is 3. The van der Waals surface area contributed by atoms with Gasteiger partial charge in [-0.2, -0.15) is 8.88 Å². The van der Waals surface area contributed by atoms with Crippen LogP contribution in [0.15, 0.2) is 37.2 Å². The summed E-state index contributed by atoms with van der Waals surface area (Å²) in [6.07, 6.45) is -8.01. The Morgan fingerprint density at radius 1 is 0.980 bits per heavy atom. The number of aromatic nitrogens is 5. The average molecular weight is 766 g/mol. The van der Waals surface area contributed by atoms with Crippen LogP contribution in [0.3, 0.4) is 0 Å². The van der Waals surface area contributed by atoms with Crippen molar-refractivity contribution in [1.82, 2.24) is 19.5 Å². The number of rotatable bonds is 13. The van der Waals surface area contributed by atoms with Gasteiger partial charge in [0, 0.05) is 35.6 Å². The van der Waals surface area contributed by atoms with Crippen LogP contribution < -0.4 is 10.3 Å². The SMILES string of the molecule is CC(=O)c1ccc[n+](C2OC(COP(=O)(O)OP(=O)(O)OCC3OC(n4cnc5c(N)ncnc54)C(O)C3OP(=O)(O)O)C(O)C2O)c1.[Na]. The number of ether oxygens (including phenoxy) is 2. The zero-order chi connectivity index (χ0) is 35.2. The first-order valence-corrected chi connectivity index (χ1v) is 18.1. The number of phosphoric ester groups is 3. The zero-order valence-corrected chi connectivity index (χ0v) is 30.0. The molecule has 0 aromatic carbocycles. The molecule has 265 valence electrons. The van der Waals surface area contributed by atoms with Gasteiger partial charge in [-0.05, 0) is 13.0 Å². The second kappa shape index (κ2) is 15.5. The van der Waals surface area contributed by atoms with Crippen LogP contribution in [0.4, 0.5) is 5.82 Å². The Balaban J connectivity index is 0.00000541. The number of carbonyl (C=O) groups excluding carboxylic acids is 1. The maximum absolute atomic E-state index is 12.6. The molecule has 27 heteroatoms. The standard InChI is InChI=1S/C22H29N6O17P3.Na/c1-10(29)11-3-2-4-27(5-11)21-16(31)15(30)12(42-21)6-40-47(36,37)45-48(38,39)41-7-13-18(44-46(33,34)35)17(32)22(43-13)28-9-26-14-19(23)24-8-25-20(14)28;/h2-5,8-9,12-13,15-18,21-22,30-32H,6-7H2,1H3,(H5-,23,24,25,33,34,35,36,37,38,39);/p+1. The minimum atomic E-state index is -5.55. The van der Waals surface area contributed by atoms with Crippen molar-refractivity contribution < 1.29 is 85.3 Å². The summed E-state index contributed by atoms with van der Waals surface area (Å²) in [5, 5.41) is 31.7. The molecular weight excluding hydrogens is 736 g/mol. The Hall–Kier alpha value is -1.66. The fourth-order valence-corrected chi connectivity index (χ4v) is 7.58. The third kappa shape index (κ3) is 9.42. The van der Waals surface area contributed by atoms with Crippen molar-refractivity contribution >= 4 is 75.8 Å². The number of aliphatic hydroxyl groups is 3. The maximum Gasteiger partial charge on any atom is 0.481 e. The number of nitrogen functional groups attached to an aromatic ring is 1. The number of nitrogens with two attached hydrogens (primary N) is 1. The number of Topliss-reactive ketones (excluding diaryl/α,β-unsaturated/α-hetero) is 1. The molecular formula is C22H30N6NaO17P3+. The number of pyridine rings is 1. The van der Waals surface area contributed by atoms with Crippen LogP contribution in [0.5, 0.6) is 0 Å². The van der Waals surface area contributed by atoms with Gasteiger partial charge in [0.05, 0.1) is 25.1 Å². The van der Waals surface area contributed by atoms with Crippen LogP contribution >= 0.6 is 23.5 Å². The summed E-state index contributed by atoms with van der Waals surface area (Å²) in [6, 6.07) is 2.99. The third-order valence-corrected chi connectivity index (χ3v) is 10.2. The number of anilines is 1. The van der Waals surface area contributed by atoms with E-state index in [0.29, 0.717) is 0 Å². The van der Waals surface area contributed by atoms with Crippen molar-refractivity contribution in [2.24, 2.45) is 0 Å². The smallest absolute Gasteiger partial charge is 0.387 e. The number of hydrogen-bond acceptors (Lipinski definition) is 17. The van der Waals surface area contributed by atoms with Gasteiger partial charge in [0.25, 0.3) is 6.23 Å². The molecule has 2 saturated heterocycles. The van der Waals surface area contributed by atoms with Crippen LogP contribution in [0.25, 0.3) is 11.2 Å². The number of carbonyl (C=O) groups is 1. The van der Waals surface area contributed by atoms with E-state index < -0.39 is 85.8 Å². The van der Waals surface area contributed by atoms with Crippen LogP contribution in [0.2, 0.25) is 0 Å². The first-order chi connectivity index (χ1) is 22.4. The normalized spacial score (nSPS) is 29.7. The van der Waals surface area contributed by atoms with E-state index in [9.17, 15) is 53.4 Å². The van der Waals surface area contributed by atoms with Gasteiger partial charge in [0.1, 0.15) is 42.4 Å². The van der Waals surface area contributed by atoms with Gasteiger partial charge < -0.3 is 50.1 Å². The second-order valence-electron chi connectivity index (χ2n) is 10.5. The molecule has 2 aliphatic rings. The molecule has 3 aromatic heterocycles. The summed E-state index contributed by atoms with van der Waals surface area (Å²) in [7, 11) is -16.3. The fourth-order valence-electron chi connectivity index (χ4n) is 4.91. The van der Waals surface area contributed by atoms with E-state index in [4.69, 9.17) is 24.3 Å². The van der Waals surface area contributed by atoms with Crippen molar-refractivity contribution in [3.8, 4) is 0 Å². The molecule has 2 aliphatic heterocycles. The molecule has 1 radical (unpaired) electrons. The van der Waals surface area contributed by atoms with E-state index in [1.165, 1.54) is 36.0 Å². The van der Waals surface area contributed by atoms with Crippen molar-refractivity contribution in [2.45, 2.75) is 56.0 Å². The molecule has 23 nitrogen and oxygen atoms in total. The molecule has 3 aromatic rings. The molecule has 5 heterocycles.